The molecule has 0 radical (unpaired) electrons. The highest BCUT2D eigenvalue weighted by atomic mass is 16.5. The highest BCUT2D eigenvalue weighted by molar-refractivity contribution is 5.81. The van der Waals surface area contributed by atoms with Crippen LogP contribution in [0.4, 0.5) is 0 Å². The number of benzene rings is 1. The molecule has 4 heteroatoms. The summed E-state index contributed by atoms with van der Waals surface area (Å²) >= 11 is 0. The number of hydrogen-bond acceptors (Lipinski definition) is 3. The van der Waals surface area contributed by atoms with Crippen molar-refractivity contribution in [3.63, 3.8) is 0 Å². The minimum atomic E-state index is -0.244. The summed E-state index contributed by atoms with van der Waals surface area (Å²) in [5.74, 6) is 1.13. The van der Waals surface area contributed by atoms with Crippen LogP contribution >= 0.6 is 0 Å². The van der Waals surface area contributed by atoms with E-state index in [0.717, 1.165) is 16.7 Å². The number of pyridine rings is 1. The first-order chi connectivity index (χ1) is 9.56. The van der Waals surface area contributed by atoms with Gasteiger partial charge in [-0.2, -0.15) is 0 Å². The Bertz CT molecular complexity index is 659. The Kier molecular flexibility index (Phi) is 4.45. The van der Waals surface area contributed by atoms with Crippen molar-refractivity contribution in [3.8, 4) is 5.75 Å². The van der Waals surface area contributed by atoms with Gasteiger partial charge in [0.15, 0.2) is 0 Å². The van der Waals surface area contributed by atoms with Crippen molar-refractivity contribution in [1.82, 2.24) is 4.57 Å². The van der Waals surface area contributed by atoms with Crippen LogP contribution in [-0.2, 0) is 13.2 Å². The molecule has 2 rings (SSSR count). The van der Waals surface area contributed by atoms with Gasteiger partial charge < -0.3 is 14.4 Å². The number of aliphatic hydroxyl groups excluding tert-OH is 1. The van der Waals surface area contributed by atoms with E-state index in [2.05, 4.69) is 13.8 Å². The average molecular weight is 275 g/mol. The van der Waals surface area contributed by atoms with Gasteiger partial charge in [-0.05, 0) is 37.1 Å². The summed E-state index contributed by atoms with van der Waals surface area (Å²) < 4.78 is 7.23. The molecular formula is C16H21NO3. The van der Waals surface area contributed by atoms with Gasteiger partial charge in [0.2, 0.25) is 0 Å². The molecule has 108 valence electrons. The van der Waals surface area contributed by atoms with Gasteiger partial charge in [0.25, 0.3) is 5.56 Å². The fraction of sp³-hybridized carbons (Fsp3) is 0.438. The first-order valence-corrected chi connectivity index (χ1v) is 6.97. The van der Waals surface area contributed by atoms with E-state index in [1.165, 1.54) is 0 Å². The number of ether oxygens (including phenoxy) is 1. The standard InChI is InChI=1S/C16H21NO3/c1-4-20-14-5-6-15-12(8-14)7-13(10-18)16(19)17(15)9-11(2)3/h5-8,11,18H,4,9-10H2,1-3H3. The molecule has 0 aliphatic rings. The molecule has 4 nitrogen and oxygen atoms in total. The normalized spacial score (nSPS) is 11.2. The van der Waals surface area contributed by atoms with Gasteiger partial charge in [-0.15, -0.1) is 0 Å². The molecule has 2 aromatic rings. The number of fused-ring (bicyclic) bond motifs is 1. The average Bonchev–Trinajstić information content (AvgIpc) is 2.41. The molecule has 0 atom stereocenters. The van der Waals surface area contributed by atoms with E-state index in [1.807, 2.05) is 25.1 Å². The lowest BCUT2D eigenvalue weighted by Gasteiger charge is -2.15. The third kappa shape index (κ3) is 2.85. The maximum Gasteiger partial charge on any atom is 0.256 e. The maximum atomic E-state index is 12.3. The van der Waals surface area contributed by atoms with Gasteiger partial charge in [0.05, 0.1) is 18.7 Å². The Hall–Kier alpha value is -1.81. The molecule has 0 amide bonds. The van der Waals surface area contributed by atoms with Crippen molar-refractivity contribution in [3.05, 3.63) is 40.2 Å². The predicted octanol–water partition coefficient (Wildman–Crippen LogP) is 2.55. The van der Waals surface area contributed by atoms with Crippen LogP contribution in [-0.4, -0.2) is 16.3 Å². The SMILES string of the molecule is CCOc1ccc2c(c1)cc(CO)c(=O)n2CC(C)C. The number of hydrogen-bond donors (Lipinski definition) is 1. The van der Waals surface area contributed by atoms with Gasteiger partial charge in [0, 0.05) is 17.5 Å². The summed E-state index contributed by atoms with van der Waals surface area (Å²) in [5.41, 5.74) is 1.19. The van der Waals surface area contributed by atoms with Crippen LogP contribution in [0.2, 0.25) is 0 Å². The van der Waals surface area contributed by atoms with Gasteiger partial charge >= 0.3 is 0 Å². The fourth-order valence-electron chi connectivity index (χ4n) is 2.34. The Morgan fingerprint density at radius 2 is 2.05 bits per heavy atom. The summed E-state index contributed by atoms with van der Waals surface area (Å²) in [7, 11) is 0. The number of rotatable bonds is 5. The molecule has 0 bridgehead atoms. The number of aromatic nitrogens is 1. The second-order valence-corrected chi connectivity index (χ2v) is 5.29. The van der Waals surface area contributed by atoms with Crippen molar-refractivity contribution in [1.29, 1.82) is 0 Å². The zero-order chi connectivity index (χ0) is 14.7. The van der Waals surface area contributed by atoms with Crippen molar-refractivity contribution >= 4 is 10.9 Å². The molecule has 0 fully saturated rings. The van der Waals surface area contributed by atoms with E-state index in [-0.39, 0.29) is 12.2 Å². The minimum absolute atomic E-state index is 0.113. The zero-order valence-electron chi connectivity index (χ0n) is 12.2. The number of nitrogens with zero attached hydrogens (tertiary/aromatic N) is 1. The highest BCUT2D eigenvalue weighted by Crippen LogP contribution is 2.21. The van der Waals surface area contributed by atoms with Gasteiger partial charge in [-0.1, -0.05) is 13.8 Å². The van der Waals surface area contributed by atoms with E-state index in [9.17, 15) is 9.90 Å². The van der Waals surface area contributed by atoms with Crippen LogP contribution in [0.1, 0.15) is 26.3 Å². The van der Waals surface area contributed by atoms with E-state index >= 15 is 0 Å². The van der Waals surface area contributed by atoms with E-state index in [1.54, 1.807) is 10.6 Å². The van der Waals surface area contributed by atoms with Gasteiger partial charge in [0.1, 0.15) is 5.75 Å². The van der Waals surface area contributed by atoms with Crippen LogP contribution in [0, 0.1) is 5.92 Å². The molecule has 20 heavy (non-hydrogen) atoms. The lowest BCUT2D eigenvalue weighted by molar-refractivity contribution is 0.279. The van der Waals surface area contributed by atoms with Crippen molar-refractivity contribution in [2.45, 2.75) is 33.9 Å². The molecule has 0 unspecified atom stereocenters. The molecular weight excluding hydrogens is 254 g/mol. The summed E-state index contributed by atoms with van der Waals surface area (Å²) in [4.78, 5) is 12.3. The first-order valence-electron chi connectivity index (χ1n) is 6.97. The molecule has 0 aliphatic carbocycles. The Morgan fingerprint density at radius 3 is 2.65 bits per heavy atom. The van der Waals surface area contributed by atoms with Crippen LogP contribution in [0.5, 0.6) is 5.75 Å². The van der Waals surface area contributed by atoms with Gasteiger partial charge in [-0.25, -0.2) is 0 Å². The van der Waals surface area contributed by atoms with E-state index in [4.69, 9.17) is 4.74 Å². The molecule has 0 spiro atoms. The third-order valence-electron chi connectivity index (χ3n) is 3.17. The van der Waals surface area contributed by atoms with Crippen molar-refractivity contribution < 1.29 is 9.84 Å². The lowest BCUT2D eigenvalue weighted by Crippen LogP contribution is -2.26. The topological polar surface area (TPSA) is 51.5 Å². The van der Waals surface area contributed by atoms with Crippen molar-refractivity contribution in [2.24, 2.45) is 5.92 Å². The highest BCUT2D eigenvalue weighted by Gasteiger charge is 2.10. The molecule has 0 saturated carbocycles. The second kappa shape index (κ2) is 6.09. The monoisotopic (exact) mass is 275 g/mol. The molecule has 1 N–H and O–H groups in total. The van der Waals surface area contributed by atoms with Crippen LogP contribution in [0.25, 0.3) is 10.9 Å². The quantitative estimate of drug-likeness (QED) is 0.912. The maximum absolute atomic E-state index is 12.3. The molecule has 1 aromatic heterocycles. The number of aliphatic hydroxyl groups is 1. The smallest absolute Gasteiger partial charge is 0.256 e. The van der Waals surface area contributed by atoms with Crippen molar-refractivity contribution in [2.75, 3.05) is 6.61 Å². The third-order valence-corrected chi connectivity index (χ3v) is 3.17. The summed E-state index contributed by atoms with van der Waals surface area (Å²) in [6.45, 7) is 7.06. The molecule has 0 aliphatic heterocycles. The second-order valence-electron chi connectivity index (χ2n) is 5.29. The largest absolute Gasteiger partial charge is 0.494 e. The molecule has 0 saturated heterocycles. The van der Waals surface area contributed by atoms with Gasteiger partial charge in [-0.3, -0.25) is 4.79 Å². The zero-order valence-corrected chi connectivity index (χ0v) is 12.2. The summed E-state index contributed by atoms with van der Waals surface area (Å²) in [6.07, 6.45) is 0. The fourth-order valence-corrected chi connectivity index (χ4v) is 2.34. The van der Waals surface area contributed by atoms with Crippen LogP contribution in [0.15, 0.2) is 29.1 Å². The molecule has 1 aromatic carbocycles. The minimum Gasteiger partial charge on any atom is -0.494 e. The van der Waals surface area contributed by atoms with E-state index in [0.29, 0.717) is 24.6 Å². The summed E-state index contributed by atoms with van der Waals surface area (Å²) in [6, 6.07) is 7.44. The predicted molar refractivity (Wildman–Crippen MR) is 80.1 cm³/mol. The van der Waals surface area contributed by atoms with E-state index < -0.39 is 0 Å². The molecule has 1 heterocycles. The van der Waals surface area contributed by atoms with Crippen LogP contribution in [0.3, 0.4) is 0 Å². The Labute approximate surface area is 118 Å². The Morgan fingerprint density at radius 1 is 1.30 bits per heavy atom. The Balaban J connectivity index is 2.67. The van der Waals surface area contributed by atoms with Crippen LogP contribution < -0.4 is 10.3 Å². The first kappa shape index (κ1) is 14.6. The summed E-state index contributed by atoms with van der Waals surface area (Å²) in [5, 5.41) is 10.3. The lowest BCUT2D eigenvalue weighted by atomic mass is 10.1.